The average Bonchev–Trinajstić information content (AvgIpc) is 3.58. The molecule has 1 saturated carbocycles. The third-order valence-corrected chi connectivity index (χ3v) is 5.29. The van der Waals surface area contributed by atoms with Crippen LogP contribution in [0, 0.1) is 0 Å². The number of carboxylic acid groups (broad SMARTS) is 1. The van der Waals surface area contributed by atoms with Crippen LogP contribution in [-0.2, 0) is 4.79 Å². The molecule has 0 spiro atoms. The lowest BCUT2D eigenvalue weighted by Crippen LogP contribution is -2.05. The van der Waals surface area contributed by atoms with Crippen molar-refractivity contribution in [3.05, 3.63) is 71.3 Å². The van der Waals surface area contributed by atoms with Gasteiger partial charge in [0.2, 0.25) is 5.71 Å². The van der Waals surface area contributed by atoms with Crippen molar-refractivity contribution >= 4 is 17.1 Å². The van der Waals surface area contributed by atoms with E-state index in [1.165, 1.54) is 38.4 Å². The molecule has 8 heteroatoms. The number of hydrogen-bond acceptors (Lipinski definition) is 6. The Hall–Kier alpha value is -3.91. The number of carbonyl (C=O) groups is 1. The predicted octanol–water partition coefficient (Wildman–Crippen LogP) is 4.87. The lowest BCUT2D eigenvalue weighted by Gasteiger charge is -2.05. The van der Waals surface area contributed by atoms with Crippen molar-refractivity contribution < 1.29 is 24.2 Å². The second-order valence-corrected chi connectivity index (χ2v) is 7.63. The van der Waals surface area contributed by atoms with Crippen LogP contribution in [0.2, 0.25) is 0 Å². The highest BCUT2D eigenvalue weighted by molar-refractivity contribution is 5.99. The van der Waals surface area contributed by atoms with Gasteiger partial charge in [-0.3, -0.25) is 4.79 Å². The molecule has 1 fully saturated rings. The number of nitrogens with one attached hydrogen (secondary N) is 1. The molecule has 0 unspecified atom stereocenters. The molecular formula is C26H28N2O6. The molecule has 2 aromatic carbocycles. The van der Waals surface area contributed by atoms with Crippen LogP contribution in [0.4, 0.5) is 0 Å². The summed E-state index contributed by atoms with van der Waals surface area (Å²) < 4.78 is 11.1. The zero-order valence-corrected chi connectivity index (χ0v) is 19.0. The molecule has 3 N–H and O–H groups in total. The summed E-state index contributed by atoms with van der Waals surface area (Å²) in [5, 5.41) is 15.5. The van der Waals surface area contributed by atoms with E-state index in [0.29, 0.717) is 16.9 Å². The van der Waals surface area contributed by atoms with Gasteiger partial charge in [-0.15, -0.1) is 0 Å². The van der Waals surface area contributed by atoms with E-state index in [0.717, 1.165) is 22.4 Å². The van der Waals surface area contributed by atoms with E-state index < -0.39 is 12.6 Å². The molecule has 0 radical (unpaired) electrons. The number of hydrogen-bond donors (Lipinski definition) is 3. The minimum absolute atomic E-state index is 0.225. The molecule has 4 aromatic rings. The van der Waals surface area contributed by atoms with Gasteiger partial charge in [-0.1, -0.05) is 74.6 Å². The fraction of sp³-hybridized carbons (Fsp3) is 0.269. The smallest absolute Gasteiger partial charge is 0.329 e. The number of benzene rings is 2. The van der Waals surface area contributed by atoms with Crippen molar-refractivity contribution in [1.29, 1.82) is 0 Å². The molecule has 8 nitrogen and oxygen atoms in total. The molecule has 2 heterocycles. The number of aliphatic carboxylic acids is 1. The van der Waals surface area contributed by atoms with E-state index in [1.807, 2.05) is 54.6 Å². The number of nitrogens with zero attached hydrogens (tertiary/aromatic N) is 1. The van der Waals surface area contributed by atoms with E-state index in [9.17, 15) is 4.79 Å². The Morgan fingerprint density at radius 2 is 1.59 bits per heavy atom. The topological polar surface area (TPSA) is 126 Å². The highest BCUT2D eigenvalue weighted by Gasteiger charge is 2.20. The van der Waals surface area contributed by atoms with Crippen molar-refractivity contribution in [2.24, 2.45) is 0 Å². The van der Waals surface area contributed by atoms with Crippen LogP contribution in [0.3, 0.4) is 0 Å². The maximum atomic E-state index is 12.4. The number of aliphatic hydroxyl groups is 1. The highest BCUT2D eigenvalue weighted by atomic mass is 16.5. The van der Waals surface area contributed by atoms with E-state index in [2.05, 4.69) is 9.97 Å². The molecule has 0 saturated heterocycles. The van der Waals surface area contributed by atoms with E-state index in [4.69, 9.17) is 24.2 Å². The van der Waals surface area contributed by atoms with Gasteiger partial charge in [-0.2, -0.15) is 0 Å². The molecule has 34 heavy (non-hydrogen) atoms. The highest BCUT2D eigenvalue weighted by Crippen LogP contribution is 2.38. The fourth-order valence-corrected chi connectivity index (χ4v) is 3.65. The van der Waals surface area contributed by atoms with Crippen LogP contribution in [-0.4, -0.2) is 39.9 Å². The van der Waals surface area contributed by atoms with Crippen molar-refractivity contribution in [3.8, 4) is 28.2 Å². The fourth-order valence-electron chi connectivity index (χ4n) is 3.65. The number of H-pyrrole nitrogens is 1. The zero-order valence-electron chi connectivity index (χ0n) is 19.0. The minimum atomic E-state index is -1.19. The van der Waals surface area contributed by atoms with Gasteiger partial charge >= 0.3 is 5.97 Å². The number of rotatable bonds is 4. The molecule has 0 atom stereocenters. The maximum absolute atomic E-state index is 12.4. The number of methoxy groups -OCH3 is 1. The third-order valence-electron chi connectivity index (χ3n) is 5.29. The zero-order chi connectivity index (χ0) is 24.3. The number of aliphatic hydroxyl groups excluding tert-OH is 1. The molecule has 5 rings (SSSR count). The molecule has 1 aliphatic rings. The SMILES string of the molecule is C1CCCC1.COc1ccc(-c2c(-c3ccccc3)oc3nc[nH]c(=O)c23)cc1.O=C(O)CO. The van der Waals surface area contributed by atoms with Crippen molar-refractivity contribution in [3.63, 3.8) is 0 Å². The Morgan fingerprint density at radius 3 is 2.12 bits per heavy atom. The van der Waals surface area contributed by atoms with Gasteiger partial charge < -0.3 is 24.4 Å². The molecule has 2 aromatic heterocycles. The van der Waals surface area contributed by atoms with E-state index in [-0.39, 0.29) is 5.56 Å². The predicted molar refractivity (Wildman–Crippen MR) is 130 cm³/mol. The summed E-state index contributed by atoms with van der Waals surface area (Å²) in [6, 6.07) is 17.2. The van der Waals surface area contributed by atoms with Gasteiger partial charge in [0.1, 0.15) is 23.5 Å². The normalized spacial score (nSPS) is 12.3. The van der Waals surface area contributed by atoms with Crippen LogP contribution in [0.5, 0.6) is 5.75 Å². The van der Waals surface area contributed by atoms with Gasteiger partial charge in [-0.05, 0) is 17.7 Å². The van der Waals surface area contributed by atoms with Crippen LogP contribution in [0.1, 0.15) is 32.1 Å². The Labute approximate surface area is 196 Å². The minimum Gasteiger partial charge on any atom is -0.497 e. The summed E-state index contributed by atoms with van der Waals surface area (Å²) in [4.78, 5) is 28.3. The Kier molecular flexibility index (Phi) is 8.99. The number of fused-ring (bicyclic) bond motifs is 1. The first kappa shape index (κ1) is 24.7. The first-order chi connectivity index (χ1) is 16.5. The summed E-state index contributed by atoms with van der Waals surface area (Å²) in [5.41, 5.74) is 2.58. The number of ether oxygens (including phenoxy) is 1. The van der Waals surface area contributed by atoms with Crippen LogP contribution >= 0.6 is 0 Å². The molecule has 1 aliphatic carbocycles. The van der Waals surface area contributed by atoms with Crippen molar-refractivity contribution in [1.82, 2.24) is 9.97 Å². The van der Waals surface area contributed by atoms with E-state index in [1.54, 1.807) is 7.11 Å². The largest absolute Gasteiger partial charge is 0.497 e. The summed E-state index contributed by atoms with van der Waals surface area (Å²) in [7, 11) is 1.62. The average molecular weight is 465 g/mol. The van der Waals surface area contributed by atoms with Gasteiger partial charge in [0.25, 0.3) is 5.56 Å². The van der Waals surface area contributed by atoms with Crippen LogP contribution < -0.4 is 10.3 Å². The lowest BCUT2D eigenvalue weighted by molar-refractivity contribution is -0.140. The molecule has 178 valence electrons. The van der Waals surface area contributed by atoms with Crippen molar-refractivity contribution in [2.45, 2.75) is 32.1 Å². The summed E-state index contributed by atoms with van der Waals surface area (Å²) >= 11 is 0. The number of carboxylic acids is 1. The first-order valence-electron chi connectivity index (χ1n) is 11.1. The monoisotopic (exact) mass is 464 g/mol. The Morgan fingerprint density at radius 1 is 1.00 bits per heavy atom. The van der Waals surface area contributed by atoms with Gasteiger partial charge in [0, 0.05) is 11.1 Å². The quantitative estimate of drug-likeness (QED) is 0.393. The van der Waals surface area contributed by atoms with Gasteiger partial charge in [0.05, 0.1) is 13.4 Å². The van der Waals surface area contributed by atoms with Gasteiger partial charge in [0.15, 0.2) is 0 Å². The maximum Gasteiger partial charge on any atom is 0.329 e. The van der Waals surface area contributed by atoms with Crippen LogP contribution in [0.25, 0.3) is 33.6 Å². The summed E-state index contributed by atoms with van der Waals surface area (Å²) in [6.07, 6.45) is 8.85. The number of aromatic nitrogens is 2. The molecular weight excluding hydrogens is 436 g/mol. The van der Waals surface area contributed by atoms with Crippen LogP contribution in [0.15, 0.2) is 70.1 Å². The van der Waals surface area contributed by atoms with Gasteiger partial charge in [-0.25, -0.2) is 9.78 Å². The Bertz CT molecular complexity index is 1230. The molecule has 0 bridgehead atoms. The number of aromatic amines is 1. The lowest BCUT2D eigenvalue weighted by atomic mass is 9.99. The summed E-state index contributed by atoms with van der Waals surface area (Å²) in [6.45, 7) is -0.778. The van der Waals surface area contributed by atoms with E-state index >= 15 is 0 Å². The third kappa shape index (κ3) is 6.32. The Balaban J connectivity index is 0.000000271. The molecule has 0 amide bonds. The molecule has 0 aliphatic heterocycles. The number of furan rings is 1. The standard InChI is InChI=1S/C19H14N2O3.C5H10.C2H4O3/c1-23-14-9-7-12(8-10-14)15-16-18(22)20-11-21-19(16)24-17(15)13-5-3-2-4-6-13;1-2-4-5-3-1;3-1-2(4)5/h2-11H,1H3,(H,20,21,22);1-5H2;3H,1H2,(H,4,5). The second kappa shape index (κ2) is 12.4. The van der Waals surface area contributed by atoms with Crippen molar-refractivity contribution in [2.75, 3.05) is 13.7 Å². The first-order valence-corrected chi connectivity index (χ1v) is 11.1. The summed E-state index contributed by atoms with van der Waals surface area (Å²) in [5.74, 6) is 0.185. The second-order valence-electron chi connectivity index (χ2n) is 7.63.